The number of ether oxygens (including phenoxy) is 1. The molecule has 2 nitrogen and oxygen atoms in total. The van der Waals surface area contributed by atoms with Crippen LogP contribution in [0.25, 0.3) is 0 Å². The molecule has 10 heavy (non-hydrogen) atoms. The van der Waals surface area contributed by atoms with Gasteiger partial charge in [-0.25, -0.2) is 0 Å². The van der Waals surface area contributed by atoms with Gasteiger partial charge in [-0.05, 0) is 18.4 Å². The van der Waals surface area contributed by atoms with Crippen molar-refractivity contribution in [1.82, 2.24) is 0 Å². The Morgan fingerprint density at radius 1 is 1.80 bits per heavy atom. The Kier molecular flexibility index (Phi) is 2.45. The normalized spacial score (nSPS) is 9.30. The number of rotatable bonds is 2. The molecule has 0 aromatic carbocycles. The molecule has 1 heterocycles. The van der Waals surface area contributed by atoms with Gasteiger partial charge in [-0.1, -0.05) is 6.07 Å². The van der Waals surface area contributed by atoms with Gasteiger partial charge in [-0.3, -0.25) is 5.41 Å². The summed E-state index contributed by atoms with van der Waals surface area (Å²) in [6.07, 6.45) is 0. The fraction of sp³-hybridized carbons (Fsp3) is 0.286. The molecular weight excluding hydrogens is 146 g/mol. The van der Waals surface area contributed by atoms with Crippen LogP contribution in [-0.2, 0) is 4.74 Å². The van der Waals surface area contributed by atoms with Crippen molar-refractivity contribution in [3.05, 3.63) is 22.4 Å². The van der Waals surface area contributed by atoms with Crippen molar-refractivity contribution < 1.29 is 4.74 Å². The van der Waals surface area contributed by atoms with Crippen LogP contribution < -0.4 is 0 Å². The van der Waals surface area contributed by atoms with E-state index in [0.717, 1.165) is 4.88 Å². The minimum Gasteiger partial charge on any atom is -0.477 e. The van der Waals surface area contributed by atoms with Crippen LogP contribution >= 0.6 is 11.3 Å². The molecule has 1 rings (SSSR count). The highest BCUT2D eigenvalue weighted by Crippen LogP contribution is 2.09. The molecule has 1 N–H and O–H groups in total. The van der Waals surface area contributed by atoms with Gasteiger partial charge in [0.15, 0.2) is 0 Å². The number of hydrogen-bond donors (Lipinski definition) is 1. The summed E-state index contributed by atoms with van der Waals surface area (Å²) >= 11 is 1.52. The fourth-order valence-electron chi connectivity index (χ4n) is 0.623. The molecule has 0 radical (unpaired) electrons. The third kappa shape index (κ3) is 1.57. The zero-order chi connectivity index (χ0) is 7.40. The van der Waals surface area contributed by atoms with Crippen LogP contribution in [0.5, 0.6) is 0 Å². The predicted octanol–water partition coefficient (Wildman–Crippen LogP) is 2.11. The second-order valence-electron chi connectivity index (χ2n) is 1.74. The second-order valence-corrected chi connectivity index (χ2v) is 2.69. The molecule has 0 saturated heterocycles. The molecule has 0 fully saturated rings. The summed E-state index contributed by atoms with van der Waals surface area (Å²) in [7, 11) is 0. The lowest BCUT2D eigenvalue weighted by atomic mass is 10.5. The van der Waals surface area contributed by atoms with Gasteiger partial charge >= 0.3 is 0 Å². The zero-order valence-corrected chi connectivity index (χ0v) is 6.57. The molecule has 0 aliphatic carbocycles. The molecule has 3 heteroatoms. The van der Waals surface area contributed by atoms with Crippen LogP contribution in [0.4, 0.5) is 0 Å². The Labute approximate surface area is 64.0 Å². The average Bonchev–Trinajstić information content (AvgIpc) is 2.38. The van der Waals surface area contributed by atoms with E-state index in [4.69, 9.17) is 10.1 Å². The van der Waals surface area contributed by atoms with Gasteiger partial charge in [0, 0.05) is 0 Å². The highest BCUT2D eigenvalue weighted by atomic mass is 32.1. The SMILES string of the molecule is CCOC(=N)c1cccs1. The highest BCUT2D eigenvalue weighted by Gasteiger charge is 1.99. The third-order valence-corrected chi connectivity index (χ3v) is 1.90. The topological polar surface area (TPSA) is 33.1 Å². The summed E-state index contributed by atoms with van der Waals surface area (Å²) in [6.45, 7) is 2.44. The first kappa shape index (κ1) is 7.28. The van der Waals surface area contributed by atoms with E-state index in [1.165, 1.54) is 11.3 Å². The van der Waals surface area contributed by atoms with E-state index in [1.54, 1.807) is 0 Å². The maximum absolute atomic E-state index is 7.33. The van der Waals surface area contributed by atoms with E-state index >= 15 is 0 Å². The number of thiophene rings is 1. The van der Waals surface area contributed by atoms with E-state index in [-0.39, 0.29) is 5.90 Å². The van der Waals surface area contributed by atoms with Crippen LogP contribution in [0.15, 0.2) is 17.5 Å². The molecule has 0 unspecified atom stereocenters. The Hall–Kier alpha value is -0.830. The molecule has 0 aliphatic rings. The molecule has 1 aromatic rings. The summed E-state index contributed by atoms with van der Waals surface area (Å²) in [5, 5.41) is 9.27. The Balaban J connectivity index is 2.59. The zero-order valence-electron chi connectivity index (χ0n) is 5.76. The number of nitrogens with one attached hydrogen (secondary N) is 1. The van der Waals surface area contributed by atoms with Crippen molar-refractivity contribution in [3.63, 3.8) is 0 Å². The fourth-order valence-corrected chi connectivity index (χ4v) is 1.25. The van der Waals surface area contributed by atoms with Gasteiger partial charge in [0.25, 0.3) is 0 Å². The standard InChI is InChI=1S/C7H9NOS/c1-2-9-7(8)6-4-3-5-10-6/h3-5,8H,2H2,1H3. The van der Waals surface area contributed by atoms with Gasteiger partial charge < -0.3 is 4.74 Å². The van der Waals surface area contributed by atoms with Crippen molar-refractivity contribution in [2.75, 3.05) is 6.61 Å². The Morgan fingerprint density at radius 2 is 2.60 bits per heavy atom. The summed E-state index contributed by atoms with van der Waals surface area (Å²) in [4.78, 5) is 0.891. The maximum atomic E-state index is 7.33. The summed E-state index contributed by atoms with van der Waals surface area (Å²) < 4.78 is 4.98. The van der Waals surface area contributed by atoms with Crippen molar-refractivity contribution in [3.8, 4) is 0 Å². The van der Waals surface area contributed by atoms with E-state index in [1.807, 2.05) is 24.4 Å². The van der Waals surface area contributed by atoms with Gasteiger partial charge in [0.2, 0.25) is 5.90 Å². The third-order valence-electron chi connectivity index (χ3n) is 1.03. The van der Waals surface area contributed by atoms with Crippen LogP contribution in [0, 0.1) is 5.41 Å². The van der Waals surface area contributed by atoms with Gasteiger partial charge in [-0.15, -0.1) is 11.3 Å². The first-order valence-electron chi connectivity index (χ1n) is 3.10. The molecule has 0 amide bonds. The molecule has 1 aromatic heterocycles. The quantitative estimate of drug-likeness (QED) is 0.515. The van der Waals surface area contributed by atoms with E-state index < -0.39 is 0 Å². The molecule has 0 atom stereocenters. The van der Waals surface area contributed by atoms with Crippen LogP contribution in [0.2, 0.25) is 0 Å². The summed E-state index contributed by atoms with van der Waals surface area (Å²) in [5.41, 5.74) is 0. The number of hydrogen-bond acceptors (Lipinski definition) is 3. The predicted molar refractivity (Wildman–Crippen MR) is 42.8 cm³/mol. The Morgan fingerprint density at radius 3 is 3.10 bits per heavy atom. The Bertz CT molecular complexity index is 205. The van der Waals surface area contributed by atoms with Crippen LogP contribution in [0.1, 0.15) is 11.8 Å². The maximum Gasteiger partial charge on any atom is 0.223 e. The van der Waals surface area contributed by atoms with Crippen molar-refractivity contribution in [2.45, 2.75) is 6.92 Å². The van der Waals surface area contributed by atoms with E-state index in [9.17, 15) is 0 Å². The van der Waals surface area contributed by atoms with Crippen molar-refractivity contribution >= 4 is 17.2 Å². The lowest BCUT2D eigenvalue weighted by Gasteiger charge is -1.99. The summed E-state index contributed by atoms with van der Waals surface area (Å²) in [5.74, 6) is 0.275. The van der Waals surface area contributed by atoms with Crippen molar-refractivity contribution in [2.24, 2.45) is 0 Å². The minimum absolute atomic E-state index is 0.275. The lowest BCUT2D eigenvalue weighted by molar-refractivity contribution is 0.326. The molecule has 54 valence electrons. The van der Waals surface area contributed by atoms with Gasteiger partial charge in [-0.2, -0.15) is 0 Å². The molecular formula is C7H9NOS. The van der Waals surface area contributed by atoms with Crippen LogP contribution in [0.3, 0.4) is 0 Å². The van der Waals surface area contributed by atoms with Crippen molar-refractivity contribution in [1.29, 1.82) is 5.41 Å². The second kappa shape index (κ2) is 3.37. The molecule has 0 aliphatic heterocycles. The molecule has 0 bridgehead atoms. The van der Waals surface area contributed by atoms with Gasteiger partial charge in [0.1, 0.15) is 0 Å². The molecule has 0 saturated carbocycles. The smallest absolute Gasteiger partial charge is 0.223 e. The van der Waals surface area contributed by atoms with Gasteiger partial charge in [0.05, 0.1) is 11.5 Å². The minimum atomic E-state index is 0.275. The lowest BCUT2D eigenvalue weighted by Crippen LogP contribution is -2.01. The monoisotopic (exact) mass is 155 g/mol. The van der Waals surface area contributed by atoms with E-state index in [0.29, 0.717) is 6.61 Å². The first-order chi connectivity index (χ1) is 4.84. The van der Waals surface area contributed by atoms with E-state index in [2.05, 4.69) is 0 Å². The van der Waals surface area contributed by atoms with Crippen LogP contribution in [-0.4, -0.2) is 12.5 Å². The summed E-state index contributed by atoms with van der Waals surface area (Å²) in [6, 6.07) is 3.79. The molecule has 0 spiro atoms. The largest absolute Gasteiger partial charge is 0.477 e. The first-order valence-corrected chi connectivity index (χ1v) is 3.97. The average molecular weight is 155 g/mol. The highest BCUT2D eigenvalue weighted by molar-refractivity contribution is 7.12.